The smallest absolute Gasteiger partial charge is 0.407 e. The maximum absolute atomic E-state index is 11.2. The van der Waals surface area contributed by atoms with E-state index in [2.05, 4.69) is 5.32 Å². The number of rotatable bonds is 6. The van der Waals surface area contributed by atoms with Gasteiger partial charge in [0, 0.05) is 13.1 Å². The molecule has 6 nitrogen and oxygen atoms in total. The van der Waals surface area contributed by atoms with Gasteiger partial charge in [0.15, 0.2) is 11.5 Å². The molecule has 0 saturated carbocycles. The van der Waals surface area contributed by atoms with Crippen molar-refractivity contribution in [3.05, 3.63) is 23.8 Å². The molecule has 0 saturated heterocycles. The summed E-state index contributed by atoms with van der Waals surface area (Å²) in [6.45, 7) is 1.88. The fraction of sp³-hybridized carbons (Fsp3) is 0.462. The van der Waals surface area contributed by atoms with Crippen LogP contribution < -0.4 is 14.8 Å². The first-order valence-electron chi connectivity index (χ1n) is 6.21. The van der Waals surface area contributed by atoms with E-state index in [1.165, 1.54) is 4.90 Å². The van der Waals surface area contributed by atoms with E-state index in [1.807, 2.05) is 25.2 Å². The van der Waals surface area contributed by atoms with Gasteiger partial charge in [-0.15, -0.1) is 0 Å². The van der Waals surface area contributed by atoms with Gasteiger partial charge < -0.3 is 24.8 Å². The Labute approximate surface area is 111 Å². The molecule has 19 heavy (non-hydrogen) atoms. The molecule has 0 aromatic heterocycles. The molecule has 0 radical (unpaired) electrons. The van der Waals surface area contributed by atoms with Crippen LogP contribution in [0.2, 0.25) is 0 Å². The highest BCUT2D eigenvalue weighted by atomic mass is 16.7. The fourth-order valence-corrected chi connectivity index (χ4v) is 1.95. The lowest BCUT2D eigenvalue weighted by molar-refractivity contribution is 0.141. The highest BCUT2D eigenvalue weighted by molar-refractivity contribution is 5.65. The molecule has 1 aliphatic rings. The molecule has 0 aliphatic carbocycles. The van der Waals surface area contributed by atoms with Crippen LogP contribution in [0.3, 0.4) is 0 Å². The van der Waals surface area contributed by atoms with Gasteiger partial charge in [0.1, 0.15) is 0 Å². The van der Waals surface area contributed by atoms with Crippen molar-refractivity contribution >= 4 is 6.09 Å². The van der Waals surface area contributed by atoms with E-state index in [4.69, 9.17) is 9.47 Å². The van der Waals surface area contributed by atoms with Crippen LogP contribution in [0.4, 0.5) is 4.79 Å². The lowest BCUT2D eigenvalue weighted by Crippen LogP contribution is -2.31. The van der Waals surface area contributed by atoms with Crippen molar-refractivity contribution in [1.82, 2.24) is 10.2 Å². The molecule has 2 N–H and O–H groups in total. The fourth-order valence-electron chi connectivity index (χ4n) is 1.95. The van der Waals surface area contributed by atoms with Gasteiger partial charge in [0.2, 0.25) is 6.79 Å². The Balaban J connectivity index is 1.98. The molecule has 104 valence electrons. The van der Waals surface area contributed by atoms with Crippen molar-refractivity contribution in [2.45, 2.75) is 13.0 Å². The molecule has 0 atom stereocenters. The SMILES string of the molecule is CNCCCN(Cc1ccc2c(c1)OCO2)C(=O)O. The van der Waals surface area contributed by atoms with Crippen molar-refractivity contribution < 1.29 is 19.4 Å². The van der Waals surface area contributed by atoms with Gasteiger partial charge >= 0.3 is 6.09 Å². The number of fused-ring (bicyclic) bond motifs is 1. The highest BCUT2D eigenvalue weighted by Crippen LogP contribution is 2.32. The average Bonchev–Trinajstić information content (AvgIpc) is 2.85. The van der Waals surface area contributed by atoms with Crippen LogP contribution in [0, 0.1) is 0 Å². The zero-order valence-corrected chi connectivity index (χ0v) is 10.9. The molecular formula is C13H18N2O4. The highest BCUT2D eigenvalue weighted by Gasteiger charge is 2.16. The number of carbonyl (C=O) groups is 1. The predicted octanol–water partition coefficient (Wildman–Crippen LogP) is 1.50. The summed E-state index contributed by atoms with van der Waals surface area (Å²) in [6, 6.07) is 5.50. The average molecular weight is 266 g/mol. The van der Waals surface area contributed by atoms with Crippen LogP contribution in [0.15, 0.2) is 18.2 Å². The summed E-state index contributed by atoms with van der Waals surface area (Å²) in [6.07, 6.45) is -0.123. The zero-order chi connectivity index (χ0) is 13.7. The van der Waals surface area contributed by atoms with E-state index >= 15 is 0 Å². The van der Waals surface area contributed by atoms with Gasteiger partial charge in [-0.05, 0) is 37.7 Å². The minimum atomic E-state index is -0.909. The Bertz CT molecular complexity index is 450. The summed E-state index contributed by atoms with van der Waals surface area (Å²) in [5, 5.41) is 12.2. The van der Waals surface area contributed by atoms with E-state index in [0.717, 1.165) is 18.5 Å². The lowest BCUT2D eigenvalue weighted by atomic mass is 10.2. The van der Waals surface area contributed by atoms with Crippen LogP contribution in [-0.2, 0) is 6.54 Å². The van der Waals surface area contributed by atoms with Crippen molar-refractivity contribution in [3.8, 4) is 11.5 Å². The number of amides is 1. The Morgan fingerprint density at radius 2 is 2.21 bits per heavy atom. The molecular weight excluding hydrogens is 248 g/mol. The molecule has 1 aromatic carbocycles. The molecule has 1 aliphatic heterocycles. The maximum atomic E-state index is 11.2. The maximum Gasteiger partial charge on any atom is 0.407 e. The van der Waals surface area contributed by atoms with Gasteiger partial charge in [0.05, 0.1) is 0 Å². The zero-order valence-electron chi connectivity index (χ0n) is 10.9. The van der Waals surface area contributed by atoms with E-state index in [1.54, 1.807) is 0 Å². The van der Waals surface area contributed by atoms with Crippen LogP contribution in [0.5, 0.6) is 11.5 Å². The molecule has 1 aromatic rings. The Morgan fingerprint density at radius 1 is 1.42 bits per heavy atom. The van der Waals surface area contributed by atoms with Crippen LogP contribution in [-0.4, -0.2) is 43.0 Å². The Kier molecular flexibility index (Phi) is 4.46. The molecule has 0 unspecified atom stereocenters. The number of hydrogen-bond donors (Lipinski definition) is 2. The third kappa shape index (κ3) is 3.51. The Morgan fingerprint density at radius 3 is 2.95 bits per heavy atom. The van der Waals surface area contributed by atoms with Gasteiger partial charge in [0.25, 0.3) is 0 Å². The summed E-state index contributed by atoms with van der Waals surface area (Å²) in [5.41, 5.74) is 0.899. The number of carboxylic acid groups (broad SMARTS) is 1. The summed E-state index contributed by atoms with van der Waals surface area (Å²) in [4.78, 5) is 12.6. The monoisotopic (exact) mass is 266 g/mol. The molecule has 0 fully saturated rings. The summed E-state index contributed by atoms with van der Waals surface area (Å²) in [5.74, 6) is 1.39. The van der Waals surface area contributed by atoms with E-state index in [9.17, 15) is 9.90 Å². The Hall–Kier alpha value is -1.95. The molecule has 1 amide bonds. The van der Waals surface area contributed by atoms with Crippen molar-refractivity contribution in [2.75, 3.05) is 26.9 Å². The minimum Gasteiger partial charge on any atom is -0.465 e. The minimum absolute atomic E-state index is 0.226. The normalized spacial score (nSPS) is 12.5. The second-order valence-corrected chi connectivity index (χ2v) is 4.35. The third-order valence-electron chi connectivity index (χ3n) is 2.94. The second kappa shape index (κ2) is 6.29. The van der Waals surface area contributed by atoms with Crippen LogP contribution in [0.1, 0.15) is 12.0 Å². The van der Waals surface area contributed by atoms with Crippen LogP contribution in [0.25, 0.3) is 0 Å². The summed E-state index contributed by atoms with van der Waals surface area (Å²) >= 11 is 0. The van der Waals surface area contributed by atoms with Crippen molar-refractivity contribution in [1.29, 1.82) is 0 Å². The standard InChI is InChI=1S/C13H18N2O4/c1-14-5-2-6-15(13(16)17)8-10-3-4-11-12(7-10)19-9-18-11/h3-4,7,14H,2,5-6,8-9H2,1H3,(H,16,17). The first-order chi connectivity index (χ1) is 9.20. The quantitative estimate of drug-likeness (QED) is 0.764. The van der Waals surface area contributed by atoms with Gasteiger partial charge in [-0.25, -0.2) is 4.79 Å². The largest absolute Gasteiger partial charge is 0.465 e. The lowest BCUT2D eigenvalue weighted by Gasteiger charge is -2.19. The molecule has 0 bridgehead atoms. The van der Waals surface area contributed by atoms with Gasteiger partial charge in [-0.1, -0.05) is 6.07 Å². The second-order valence-electron chi connectivity index (χ2n) is 4.35. The number of ether oxygens (including phenoxy) is 2. The van der Waals surface area contributed by atoms with Crippen molar-refractivity contribution in [2.24, 2.45) is 0 Å². The van der Waals surface area contributed by atoms with Gasteiger partial charge in [-0.3, -0.25) is 0 Å². The summed E-state index contributed by atoms with van der Waals surface area (Å²) < 4.78 is 10.5. The third-order valence-corrected chi connectivity index (χ3v) is 2.94. The number of nitrogens with zero attached hydrogens (tertiary/aromatic N) is 1. The topological polar surface area (TPSA) is 71.0 Å². The first-order valence-corrected chi connectivity index (χ1v) is 6.21. The number of nitrogens with one attached hydrogen (secondary N) is 1. The predicted molar refractivity (Wildman–Crippen MR) is 69.5 cm³/mol. The molecule has 1 heterocycles. The number of hydrogen-bond acceptors (Lipinski definition) is 4. The molecule has 2 rings (SSSR count). The van der Waals surface area contributed by atoms with E-state index in [-0.39, 0.29) is 6.79 Å². The van der Waals surface area contributed by atoms with Crippen LogP contribution >= 0.6 is 0 Å². The first kappa shape index (κ1) is 13.5. The molecule has 6 heteroatoms. The van der Waals surface area contributed by atoms with E-state index in [0.29, 0.717) is 24.6 Å². The van der Waals surface area contributed by atoms with Gasteiger partial charge in [-0.2, -0.15) is 0 Å². The number of benzene rings is 1. The van der Waals surface area contributed by atoms with E-state index < -0.39 is 6.09 Å². The van der Waals surface area contributed by atoms with Crippen molar-refractivity contribution in [3.63, 3.8) is 0 Å². The summed E-state index contributed by atoms with van der Waals surface area (Å²) in [7, 11) is 1.85. The molecule has 0 spiro atoms.